The van der Waals surface area contributed by atoms with Crippen LogP contribution in [-0.2, 0) is 0 Å². The summed E-state index contributed by atoms with van der Waals surface area (Å²) < 4.78 is 5.13. The summed E-state index contributed by atoms with van der Waals surface area (Å²) in [5.74, 6) is 0.782. The molecule has 20 heavy (non-hydrogen) atoms. The Bertz CT molecular complexity index is 601. The van der Waals surface area contributed by atoms with Crippen molar-refractivity contribution in [2.75, 3.05) is 12.4 Å². The predicted molar refractivity (Wildman–Crippen MR) is 84.2 cm³/mol. The molecule has 0 unspecified atom stereocenters. The standard InChI is InChI=1S/C14H14N4OS/c1-19-13-6-2-4-11(8-13)9-16-18-14(20)17-12-5-3-7-15-10-12/h2-10H,1H3,(H2,17,18,20)/b16-9-. The van der Waals surface area contributed by atoms with Crippen molar-refractivity contribution >= 4 is 29.2 Å². The van der Waals surface area contributed by atoms with Gasteiger partial charge >= 0.3 is 0 Å². The largest absolute Gasteiger partial charge is 0.497 e. The lowest BCUT2D eigenvalue weighted by Crippen LogP contribution is -2.23. The van der Waals surface area contributed by atoms with E-state index in [-0.39, 0.29) is 0 Å². The van der Waals surface area contributed by atoms with Crippen molar-refractivity contribution in [3.05, 3.63) is 54.4 Å². The number of hydrazone groups is 1. The van der Waals surface area contributed by atoms with Gasteiger partial charge in [0.1, 0.15) is 5.75 Å². The molecule has 0 radical (unpaired) electrons. The molecule has 0 spiro atoms. The SMILES string of the molecule is COc1cccc(/C=N\NC(=S)Nc2cccnc2)c1. The van der Waals surface area contributed by atoms with Crippen LogP contribution in [0.25, 0.3) is 0 Å². The summed E-state index contributed by atoms with van der Waals surface area (Å²) in [5, 5.41) is 7.43. The maximum atomic E-state index is 5.13. The van der Waals surface area contributed by atoms with E-state index in [1.54, 1.807) is 25.7 Å². The topological polar surface area (TPSA) is 58.5 Å². The van der Waals surface area contributed by atoms with Gasteiger partial charge in [-0.1, -0.05) is 12.1 Å². The second-order valence-electron chi connectivity index (χ2n) is 3.84. The van der Waals surface area contributed by atoms with Gasteiger partial charge in [0.15, 0.2) is 5.11 Å². The number of thiocarbonyl (C=S) groups is 1. The van der Waals surface area contributed by atoms with Gasteiger partial charge in [-0.2, -0.15) is 5.10 Å². The fraction of sp³-hybridized carbons (Fsp3) is 0.0714. The lowest BCUT2D eigenvalue weighted by atomic mass is 10.2. The molecule has 0 atom stereocenters. The van der Waals surface area contributed by atoms with E-state index >= 15 is 0 Å². The molecule has 102 valence electrons. The van der Waals surface area contributed by atoms with Crippen molar-refractivity contribution in [1.82, 2.24) is 10.4 Å². The minimum Gasteiger partial charge on any atom is -0.497 e. The third-order valence-corrected chi connectivity index (χ3v) is 2.59. The first-order valence-corrected chi connectivity index (χ1v) is 6.33. The fourth-order valence-corrected chi connectivity index (χ4v) is 1.65. The Kier molecular flexibility index (Phi) is 5.02. The fourth-order valence-electron chi connectivity index (χ4n) is 1.48. The van der Waals surface area contributed by atoms with Gasteiger partial charge in [0, 0.05) is 6.20 Å². The first-order valence-electron chi connectivity index (χ1n) is 5.92. The molecular formula is C14H14N4OS. The Morgan fingerprint density at radius 3 is 3.00 bits per heavy atom. The van der Waals surface area contributed by atoms with Crippen LogP contribution >= 0.6 is 12.2 Å². The molecule has 0 bridgehead atoms. The number of rotatable bonds is 4. The van der Waals surface area contributed by atoms with Crippen LogP contribution < -0.4 is 15.5 Å². The number of methoxy groups -OCH3 is 1. The predicted octanol–water partition coefficient (Wildman–Crippen LogP) is 2.41. The highest BCUT2D eigenvalue weighted by atomic mass is 32.1. The molecule has 6 heteroatoms. The minimum atomic E-state index is 0.400. The van der Waals surface area contributed by atoms with Crippen LogP contribution in [0.3, 0.4) is 0 Å². The van der Waals surface area contributed by atoms with Crippen molar-refractivity contribution in [3.63, 3.8) is 0 Å². The number of benzene rings is 1. The lowest BCUT2D eigenvalue weighted by molar-refractivity contribution is 0.415. The maximum absolute atomic E-state index is 5.13. The number of aromatic nitrogens is 1. The number of anilines is 1. The number of pyridine rings is 1. The average molecular weight is 286 g/mol. The van der Waals surface area contributed by atoms with Crippen LogP contribution in [0.4, 0.5) is 5.69 Å². The van der Waals surface area contributed by atoms with Crippen LogP contribution in [0, 0.1) is 0 Å². The van der Waals surface area contributed by atoms with Crippen molar-refractivity contribution in [2.45, 2.75) is 0 Å². The Morgan fingerprint density at radius 1 is 1.35 bits per heavy atom. The molecule has 0 aliphatic carbocycles. The molecule has 1 heterocycles. The minimum absolute atomic E-state index is 0.400. The summed E-state index contributed by atoms with van der Waals surface area (Å²) in [4.78, 5) is 3.98. The quantitative estimate of drug-likeness (QED) is 0.513. The van der Waals surface area contributed by atoms with Crippen molar-refractivity contribution in [1.29, 1.82) is 0 Å². The number of nitrogens with zero attached hydrogens (tertiary/aromatic N) is 2. The van der Waals surface area contributed by atoms with E-state index in [1.165, 1.54) is 0 Å². The van der Waals surface area contributed by atoms with Crippen LogP contribution in [0.1, 0.15) is 5.56 Å². The number of hydrogen-bond acceptors (Lipinski definition) is 4. The molecule has 0 saturated carbocycles. The van der Waals surface area contributed by atoms with E-state index in [0.717, 1.165) is 17.0 Å². The van der Waals surface area contributed by atoms with Gasteiger partial charge in [-0.15, -0.1) is 0 Å². The smallest absolute Gasteiger partial charge is 0.191 e. The molecule has 0 aliphatic heterocycles. The first kappa shape index (κ1) is 14.0. The summed E-state index contributed by atoms with van der Waals surface area (Å²) in [6.07, 6.45) is 5.04. The average Bonchev–Trinajstić information content (AvgIpc) is 2.48. The van der Waals surface area contributed by atoms with Crippen molar-refractivity contribution in [2.24, 2.45) is 5.10 Å². The summed E-state index contributed by atoms with van der Waals surface area (Å²) in [6.45, 7) is 0. The Labute approximate surface area is 122 Å². The van der Waals surface area contributed by atoms with Gasteiger partial charge in [0.25, 0.3) is 0 Å². The molecule has 2 rings (SSSR count). The van der Waals surface area contributed by atoms with Gasteiger partial charge in [0.2, 0.25) is 0 Å². The monoisotopic (exact) mass is 286 g/mol. The zero-order valence-corrected chi connectivity index (χ0v) is 11.7. The van der Waals surface area contributed by atoms with E-state index in [2.05, 4.69) is 20.8 Å². The Hall–Kier alpha value is -2.47. The molecule has 0 aliphatic rings. The summed E-state index contributed by atoms with van der Waals surface area (Å²) in [6, 6.07) is 11.3. The molecule has 2 aromatic rings. The van der Waals surface area contributed by atoms with E-state index < -0.39 is 0 Å². The van der Waals surface area contributed by atoms with E-state index in [9.17, 15) is 0 Å². The zero-order chi connectivity index (χ0) is 14.2. The normalized spacial score (nSPS) is 10.2. The Morgan fingerprint density at radius 2 is 2.25 bits per heavy atom. The lowest BCUT2D eigenvalue weighted by Gasteiger charge is -2.05. The van der Waals surface area contributed by atoms with Crippen molar-refractivity contribution in [3.8, 4) is 5.75 Å². The van der Waals surface area contributed by atoms with Crippen LogP contribution in [0.5, 0.6) is 5.75 Å². The third-order valence-electron chi connectivity index (χ3n) is 2.39. The van der Waals surface area contributed by atoms with E-state index in [0.29, 0.717) is 5.11 Å². The first-order chi connectivity index (χ1) is 9.78. The van der Waals surface area contributed by atoms with Gasteiger partial charge in [-0.3, -0.25) is 10.4 Å². The Balaban J connectivity index is 1.88. The highest BCUT2D eigenvalue weighted by Gasteiger charge is 1.95. The number of ether oxygens (including phenoxy) is 1. The van der Waals surface area contributed by atoms with Crippen LogP contribution in [-0.4, -0.2) is 23.4 Å². The molecule has 2 N–H and O–H groups in total. The molecule has 5 nitrogen and oxygen atoms in total. The third kappa shape index (κ3) is 4.33. The maximum Gasteiger partial charge on any atom is 0.191 e. The van der Waals surface area contributed by atoms with Gasteiger partial charge in [-0.05, 0) is 42.0 Å². The molecule has 0 fully saturated rings. The highest BCUT2D eigenvalue weighted by molar-refractivity contribution is 7.80. The number of hydrogen-bond donors (Lipinski definition) is 2. The van der Waals surface area contributed by atoms with Crippen LogP contribution in [0.2, 0.25) is 0 Å². The highest BCUT2D eigenvalue weighted by Crippen LogP contribution is 2.10. The second kappa shape index (κ2) is 7.20. The van der Waals surface area contributed by atoms with E-state index in [4.69, 9.17) is 17.0 Å². The summed E-state index contributed by atoms with van der Waals surface area (Å²) in [7, 11) is 1.63. The van der Waals surface area contributed by atoms with Crippen molar-refractivity contribution < 1.29 is 4.74 Å². The molecule has 0 saturated heterocycles. The molecule has 1 aromatic heterocycles. The van der Waals surface area contributed by atoms with E-state index in [1.807, 2.05) is 36.4 Å². The van der Waals surface area contributed by atoms with Gasteiger partial charge < -0.3 is 10.1 Å². The molecule has 1 aromatic carbocycles. The van der Waals surface area contributed by atoms with Gasteiger partial charge in [-0.25, -0.2) is 0 Å². The molecule has 0 amide bonds. The number of nitrogens with one attached hydrogen (secondary N) is 2. The van der Waals surface area contributed by atoms with Gasteiger partial charge in [0.05, 0.1) is 25.2 Å². The second-order valence-corrected chi connectivity index (χ2v) is 4.25. The summed E-state index contributed by atoms with van der Waals surface area (Å²) in [5.41, 5.74) is 4.46. The molecular weight excluding hydrogens is 272 g/mol. The summed E-state index contributed by atoms with van der Waals surface area (Å²) >= 11 is 5.11. The zero-order valence-electron chi connectivity index (χ0n) is 10.9. The van der Waals surface area contributed by atoms with Crippen LogP contribution in [0.15, 0.2) is 53.9 Å².